The van der Waals surface area contributed by atoms with Crippen molar-refractivity contribution in [2.75, 3.05) is 19.8 Å². The molecule has 0 spiro atoms. The number of aromatic nitrogens is 3. The molecule has 0 aliphatic rings. The first-order chi connectivity index (χ1) is 14.0. The summed E-state index contributed by atoms with van der Waals surface area (Å²) in [7, 11) is 0. The molecule has 0 aliphatic heterocycles. The molecular formula is C19H22N3O6S-. The fourth-order valence-electron chi connectivity index (χ4n) is 2.20. The monoisotopic (exact) mass is 420 g/mol. The van der Waals surface area contributed by atoms with E-state index in [1.165, 1.54) is 6.08 Å². The molecule has 0 saturated heterocycles. The van der Waals surface area contributed by atoms with E-state index in [2.05, 4.69) is 15.2 Å². The van der Waals surface area contributed by atoms with Crippen molar-refractivity contribution >= 4 is 29.8 Å². The number of esters is 1. The number of benzene rings is 1. The molecular weight excluding hydrogens is 398 g/mol. The fourth-order valence-corrected chi connectivity index (χ4v) is 2.92. The van der Waals surface area contributed by atoms with Crippen molar-refractivity contribution in [3.8, 4) is 11.5 Å². The second-order valence-corrected chi connectivity index (χ2v) is 6.56. The van der Waals surface area contributed by atoms with Gasteiger partial charge in [-0.2, -0.15) is 0 Å². The lowest BCUT2D eigenvalue weighted by atomic mass is 10.2. The summed E-state index contributed by atoms with van der Waals surface area (Å²) in [6.07, 6.45) is 2.09. The van der Waals surface area contributed by atoms with E-state index in [4.69, 9.17) is 14.2 Å². The molecule has 2 aromatic rings. The number of rotatable bonds is 11. The number of hydrogen-bond acceptors (Lipinski definition) is 9. The summed E-state index contributed by atoms with van der Waals surface area (Å²) in [6, 6.07) is 4.85. The van der Waals surface area contributed by atoms with Crippen molar-refractivity contribution in [3.63, 3.8) is 0 Å². The lowest BCUT2D eigenvalue weighted by molar-refractivity contribution is -0.298. The normalized spacial score (nSPS) is 11.2. The molecule has 0 fully saturated rings. The minimum Gasteiger partial charge on any atom is -0.544 e. The van der Waals surface area contributed by atoms with E-state index >= 15 is 0 Å². The first-order valence-electron chi connectivity index (χ1n) is 9.04. The van der Waals surface area contributed by atoms with Gasteiger partial charge < -0.3 is 24.1 Å². The molecule has 0 aliphatic carbocycles. The molecule has 0 atom stereocenters. The highest BCUT2D eigenvalue weighted by Gasteiger charge is 2.12. The Morgan fingerprint density at radius 2 is 1.97 bits per heavy atom. The van der Waals surface area contributed by atoms with Crippen LogP contribution in [0, 0.1) is 0 Å². The van der Waals surface area contributed by atoms with E-state index in [9.17, 15) is 14.7 Å². The van der Waals surface area contributed by atoms with Gasteiger partial charge in [0.25, 0.3) is 0 Å². The van der Waals surface area contributed by atoms with Gasteiger partial charge in [0.05, 0.1) is 19.2 Å². The van der Waals surface area contributed by atoms with Crippen molar-refractivity contribution < 1.29 is 28.9 Å². The largest absolute Gasteiger partial charge is 0.544 e. The third-order valence-corrected chi connectivity index (χ3v) is 4.33. The Morgan fingerprint density at radius 3 is 2.59 bits per heavy atom. The Bertz CT molecular complexity index is 881. The van der Waals surface area contributed by atoms with Crippen LogP contribution in [0.5, 0.6) is 11.5 Å². The van der Waals surface area contributed by atoms with E-state index in [0.717, 1.165) is 11.8 Å². The van der Waals surface area contributed by atoms with Crippen molar-refractivity contribution in [1.82, 2.24) is 15.2 Å². The zero-order valence-electron chi connectivity index (χ0n) is 16.4. The van der Waals surface area contributed by atoms with Gasteiger partial charge in [-0.05, 0) is 49.4 Å². The molecule has 29 heavy (non-hydrogen) atoms. The number of thioether (sulfide) groups is 1. The van der Waals surface area contributed by atoms with Crippen LogP contribution in [0.4, 0.5) is 0 Å². The lowest BCUT2D eigenvalue weighted by Crippen LogP contribution is -2.23. The van der Waals surface area contributed by atoms with Crippen LogP contribution >= 0.6 is 11.8 Å². The molecule has 0 radical (unpaired) electrons. The molecule has 1 heterocycles. The summed E-state index contributed by atoms with van der Waals surface area (Å²) < 4.78 is 15.8. The summed E-state index contributed by atoms with van der Waals surface area (Å²) >= 11 is 0.883. The van der Waals surface area contributed by atoms with Gasteiger partial charge in [0.1, 0.15) is 5.82 Å². The first kappa shape index (κ1) is 22.3. The van der Waals surface area contributed by atoms with E-state index in [1.807, 2.05) is 6.92 Å². The smallest absolute Gasteiger partial charge is 0.344 e. The summed E-state index contributed by atoms with van der Waals surface area (Å²) in [5.41, 5.74) is 0.551. The predicted octanol–water partition coefficient (Wildman–Crippen LogP) is 1.59. The second kappa shape index (κ2) is 11.1. The third-order valence-electron chi connectivity index (χ3n) is 3.46. The molecule has 2 rings (SSSR count). The van der Waals surface area contributed by atoms with Crippen LogP contribution in [0.15, 0.2) is 28.3 Å². The van der Waals surface area contributed by atoms with Crippen LogP contribution in [0.1, 0.15) is 32.2 Å². The average molecular weight is 420 g/mol. The quantitative estimate of drug-likeness (QED) is 0.327. The third kappa shape index (κ3) is 6.83. The summed E-state index contributed by atoms with van der Waals surface area (Å²) in [5, 5.41) is 18.5. The highest BCUT2D eigenvalue weighted by molar-refractivity contribution is 8.04. The van der Waals surface area contributed by atoms with Crippen molar-refractivity contribution in [3.05, 3.63) is 34.5 Å². The topological polar surface area (TPSA) is 126 Å². The van der Waals surface area contributed by atoms with Gasteiger partial charge in [0.2, 0.25) is 5.16 Å². The molecule has 1 aromatic heterocycles. The Labute approximate surface area is 172 Å². The van der Waals surface area contributed by atoms with Gasteiger partial charge >= 0.3 is 5.97 Å². The first-order valence-corrected chi connectivity index (χ1v) is 9.85. The van der Waals surface area contributed by atoms with Crippen molar-refractivity contribution in [2.24, 2.45) is 0 Å². The van der Waals surface area contributed by atoms with E-state index in [0.29, 0.717) is 35.9 Å². The summed E-state index contributed by atoms with van der Waals surface area (Å²) in [5.74, 6) is -0.460. The van der Waals surface area contributed by atoms with Crippen molar-refractivity contribution in [2.45, 2.75) is 32.3 Å². The molecule has 156 valence electrons. The average Bonchev–Trinajstić information content (AvgIpc) is 3.15. The number of aromatic amines is 1. The maximum absolute atomic E-state index is 11.5. The Hall–Kier alpha value is -3.01. The number of H-pyrrole nitrogens is 1. The van der Waals surface area contributed by atoms with Gasteiger partial charge in [-0.3, -0.25) is 5.10 Å². The van der Waals surface area contributed by atoms with Gasteiger partial charge in [0.15, 0.2) is 18.1 Å². The molecule has 9 nitrogen and oxygen atoms in total. The second-order valence-electron chi connectivity index (χ2n) is 5.55. The highest BCUT2D eigenvalue weighted by atomic mass is 32.2. The number of carboxylic acids is 1. The maximum Gasteiger partial charge on any atom is 0.344 e. The van der Waals surface area contributed by atoms with Gasteiger partial charge in [0, 0.05) is 11.3 Å². The van der Waals surface area contributed by atoms with E-state index in [-0.39, 0.29) is 23.3 Å². The summed E-state index contributed by atoms with van der Waals surface area (Å²) in [6.45, 7) is 5.79. The lowest BCUT2D eigenvalue weighted by Gasteiger charge is -2.13. The number of carbonyl (C=O) groups excluding carboxylic acids is 2. The van der Waals surface area contributed by atoms with Crippen LogP contribution < -0.4 is 14.6 Å². The number of aliphatic carboxylic acids is 1. The number of aryl methyl sites for hydroxylation is 1. The zero-order chi connectivity index (χ0) is 21.2. The molecule has 1 aromatic carbocycles. The summed E-state index contributed by atoms with van der Waals surface area (Å²) in [4.78, 5) is 27.1. The predicted molar refractivity (Wildman–Crippen MR) is 104 cm³/mol. The number of nitrogens with one attached hydrogen (secondary N) is 1. The van der Waals surface area contributed by atoms with Crippen LogP contribution in [0.25, 0.3) is 6.08 Å². The number of ether oxygens (including phenoxy) is 3. The van der Waals surface area contributed by atoms with Crippen LogP contribution in [0.2, 0.25) is 0 Å². The Balaban J connectivity index is 2.22. The minimum atomic E-state index is -1.35. The van der Waals surface area contributed by atoms with Gasteiger partial charge in [-0.1, -0.05) is 13.0 Å². The molecule has 1 N–H and O–H groups in total. The van der Waals surface area contributed by atoms with Crippen LogP contribution in [-0.4, -0.2) is 46.9 Å². The highest BCUT2D eigenvalue weighted by Crippen LogP contribution is 2.31. The van der Waals surface area contributed by atoms with E-state index in [1.54, 1.807) is 32.0 Å². The van der Waals surface area contributed by atoms with Crippen molar-refractivity contribution in [1.29, 1.82) is 0 Å². The fraction of sp³-hybridized carbons (Fsp3) is 0.368. The molecule has 0 saturated carbocycles. The van der Waals surface area contributed by atoms with Gasteiger partial charge in [-0.15, -0.1) is 5.10 Å². The SMILES string of the molecule is CCOC(=O)COc1ccc(/C=C(\Sc2n[nH]c(CC)n2)C(=O)[O-])cc1OCC. The standard InChI is InChI=1S/C19H23N3O6S/c1-4-16-20-19(22-21-16)29-15(18(24)25)10-12-7-8-13(14(9-12)26-5-2)28-11-17(23)27-6-3/h7-10H,4-6,11H2,1-3H3,(H,24,25)(H,20,21,22)/p-1/b15-10-. The number of hydrogen-bond donors (Lipinski definition) is 1. The van der Waals surface area contributed by atoms with Crippen LogP contribution in [0.3, 0.4) is 0 Å². The van der Waals surface area contributed by atoms with Gasteiger partial charge in [-0.25, -0.2) is 9.78 Å². The van der Waals surface area contributed by atoms with E-state index < -0.39 is 11.9 Å². The number of nitrogens with zero attached hydrogens (tertiary/aromatic N) is 2. The molecule has 10 heteroatoms. The maximum atomic E-state index is 11.5. The minimum absolute atomic E-state index is 0.0608. The Morgan fingerprint density at radius 1 is 1.17 bits per heavy atom. The number of carboxylic acid groups (broad SMARTS) is 1. The number of carbonyl (C=O) groups is 2. The Kier molecular flexibility index (Phi) is 8.53. The molecule has 0 amide bonds. The molecule has 0 unspecified atom stereocenters. The molecule has 0 bridgehead atoms. The van der Waals surface area contributed by atoms with Crippen LogP contribution in [-0.2, 0) is 20.7 Å². The zero-order valence-corrected chi connectivity index (χ0v) is 17.2.